The van der Waals surface area contributed by atoms with E-state index in [0.717, 1.165) is 12.1 Å². The molecule has 2 N–H and O–H groups in total. The van der Waals surface area contributed by atoms with Crippen molar-refractivity contribution < 1.29 is 24.2 Å². The van der Waals surface area contributed by atoms with Crippen LogP contribution in [0.15, 0.2) is 42.6 Å². The van der Waals surface area contributed by atoms with Crippen molar-refractivity contribution in [2.75, 3.05) is 19.0 Å². The zero-order valence-electron chi connectivity index (χ0n) is 16.9. The van der Waals surface area contributed by atoms with Crippen molar-refractivity contribution in [2.24, 2.45) is 0 Å². The third kappa shape index (κ3) is 9.10. The van der Waals surface area contributed by atoms with Gasteiger partial charge in [0, 0.05) is 18.5 Å². The van der Waals surface area contributed by atoms with Crippen LogP contribution in [0.25, 0.3) is 0 Å². The molecule has 1 aromatic carbocycles. The Hall–Kier alpha value is -3.09. The Bertz CT molecular complexity index is 691. The molecule has 0 saturated heterocycles. The molecule has 0 bridgehead atoms. The Labute approximate surface area is 172 Å². The molecule has 7 heteroatoms. The molecule has 0 amide bonds. The summed E-state index contributed by atoms with van der Waals surface area (Å²) in [5.41, 5.74) is 2.28. The van der Waals surface area contributed by atoms with Crippen molar-refractivity contribution in [3.8, 4) is 11.6 Å². The molecule has 29 heavy (non-hydrogen) atoms. The van der Waals surface area contributed by atoms with Gasteiger partial charge in [-0.15, -0.1) is 0 Å². The van der Waals surface area contributed by atoms with Gasteiger partial charge >= 0.3 is 0 Å². The molecule has 1 aliphatic rings. The number of rotatable bonds is 7. The van der Waals surface area contributed by atoms with E-state index in [0.29, 0.717) is 24.3 Å². The average Bonchev–Trinajstić information content (AvgIpc) is 2.77. The molecule has 1 saturated carbocycles. The maximum Gasteiger partial charge on any atom is 0.290 e. The number of methoxy groups -OCH3 is 1. The molecule has 2 aromatic rings. The third-order valence-electron chi connectivity index (χ3n) is 4.48. The number of pyridine rings is 1. The first-order valence-corrected chi connectivity index (χ1v) is 9.60. The number of ether oxygens (including phenoxy) is 2. The van der Waals surface area contributed by atoms with E-state index < -0.39 is 0 Å². The highest BCUT2D eigenvalue weighted by Crippen LogP contribution is 2.29. The highest BCUT2D eigenvalue weighted by atomic mass is 16.5. The summed E-state index contributed by atoms with van der Waals surface area (Å²) in [6.45, 7) is 2.36. The fourth-order valence-corrected chi connectivity index (χ4v) is 3.17. The number of nitrogens with one attached hydrogen (secondary N) is 1. The Balaban J connectivity index is 0.000000771. The number of carboxylic acid groups (broad SMARTS) is 1. The van der Waals surface area contributed by atoms with E-state index in [1.54, 1.807) is 7.11 Å². The predicted molar refractivity (Wildman–Crippen MR) is 113 cm³/mol. The molecule has 7 nitrogen and oxygen atoms in total. The number of benzene rings is 1. The van der Waals surface area contributed by atoms with Gasteiger partial charge in [0.2, 0.25) is 0 Å². The second kappa shape index (κ2) is 14.9. The molecule has 3 rings (SSSR count). The summed E-state index contributed by atoms with van der Waals surface area (Å²) in [5, 5.41) is 10.5. The van der Waals surface area contributed by atoms with E-state index in [4.69, 9.17) is 24.2 Å². The van der Waals surface area contributed by atoms with Gasteiger partial charge in [-0.3, -0.25) is 4.79 Å². The second-order valence-corrected chi connectivity index (χ2v) is 6.40. The Morgan fingerprint density at radius 2 is 1.86 bits per heavy atom. The highest BCUT2D eigenvalue weighted by Gasteiger charge is 2.14. The monoisotopic (exact) mass is 402 g/mol. The predicted octanol–water partition coefficient (Wildman–Crippen LogP) is 3.97. The van der Waals surface area contributed by atoms with Gasteiger partial charge in [-0.05, 0) is 18.4 Å². The van der Waals surface area contributed by atoms with E-state index in [1.165, 1.54) is 37.7 Å². The Morgan fingerprint density at radius 3 is 2.48 bits per heavy atom. The Kier molecular flexibility index (Phi) is 12.3. The number of hydrogen-bond acceptors (Lipinski definition) is 6. The molecule has 0 radical (unpaired) electrons. The van der Waals surface area contributed by atoms with Crippen molar-refractivity contribution >= 4 is 18.9 Å². The molecule has 158 valence electrons. The lowest BCUT2D eigenvalue weighted by Gasteiger charge is -2.24. The van der Waals surface area contributed by atoms with Gasteiger partial charge < -0.3 is 24.7 Å². The third-order valence-corrected chi connectivity index (χ3v) is 4.48. The van der Waals surface area contributed by atoms with Crippen molar-refractivity contribution in [3.05, 3.63) is 48.2 Å². The highest BCUT2D eigenvalue weighted by molar-refractivity contribution is 5.50. The van der Waals surface area contributed by atoms with Crippen molar-refractivity contribution in [1.29, 1.82) is 0 Å². The molecular weight excluding hydrogens is 372 g/mol. The first-order valence-electron chi connectivity index (χ1n) is 9.60. The molecule has 0 spiro atoms. The number of hydrogen-bond donors (Lipinski definition) is 2. The summed E-state index contributed by atoms with van der Waals surface area (Å²) in [4.78, 5) is 20.7. The smallest absolute Gasteiger partial charge is 0.290 e. The normalized spacial score (nSPS) is 13.0. The van der Waals surface area contributed by atoms with Crippen LogP contribution in [-0.4, -0.2) is 43.1 Å². The number of carbonyl (C=O) groups is 2. The summed E-state index contributed by atoms with van der Waals surface area (Å²) in [6.07, 6.45) is 9.13. The maximum absolute atomic E-state index is 8.36. The fourth-order valence-electron chi connectivity index (χ4n) is 3.17. The van der Waals surface area contributed by atoms with Crippen LogP contribution < -0.4 is 14.8 Å². The van der Waals surface area contributed by atoms with E-state index in [9.17, 15) is 0 Å². The van der Waals surface area contributed by atoms with Crippen LogP contribution in [0.4, 0.5) is 5.69 Å². The minimum absolute atomic E-state index is 0.250. The van der Waals surface area contributed by atoms with Gasteiger partial charge in [0.25, 0.3) is 12.4 Å². The molecular formula is C22H30N2O5. The fraction of sp³-hybridized carbons (Fsp3) is 0.409. The molecule has 1 aromatic heterocycles. The van der Waals surface area contributed by atoms with Crippen LogP contribution in [-0.2, 0) is 16.0 Å². The van der Waals surface area contributed by atoms with Crippen molar-refractivity contribution in [3.63, 3.8) is 0 Å². The maximum atomic E-state index is 8.36. The minimum atomic E-state index is -0.250. The zero-order chi connectivity index (χ0) is 21.3. The van der Waals surface area contributed by atoms with Crippen LogP contribution in [0.2, 0.25) is 0 Å². The summed E-state index contributed by atoms with van der Waals surface area (Å²) in [5.74, 6) is 1.24. The summed E-state index contributed by atoms with van der Waals surface area (Å²) in [6, 6.07) is 12.9. The van der Waals surface area contributed by atoms with Crippen LogP contribution in [0.5, 0.6) is 11.6 Å². The molecule has 0 atom stereocenters. The van der Waals surface area contributed by atoms with E-state index in [2.05, 4.69) is 22.4 Å². The van der Waals surface area contributed by atoms with E-state index in [1.807, 2.05) is 37.3 Å². The number of nitrogens with zero attached hydrogens (tertiary/aromatic N) is 1. The second-order valence-electron chi connectivity index (χ2n) is 6.40. The molecule has 1 fully saturated rings. The van der Waals surface area contributed by atoms with Gasteiger partial charge in [0.15, 0.2) is 5.75 Å². The van der Waals surface area contributed by atoms with Gasteiger partial charge in [-0.1, -0.05) is 49.6 Å². The molecule has 0 unspecified atom stereocenters. The topological polar surface area (TPSA) is 97.8 Å². The van der Waals surface area contributed by atoms with Crippen LogP contribution in [0, 0.1) is 0 Å². The lowest BCUT2D eigenvalue weighted by atomic mass is 9.95. The lowest BCUT2D eigenvalue weighted by Crippen LogP contribution is -2.22. The first-order chi connectivity index (χ1) is 14.3. The lowest BCUT2D eigenvalue weighted by molar-refractivity contribution is -0.122. The van der Waals surface area contributed by atoms with Gasteiger partial charge in [-0.2, -0.15) is 0 Å². The largest absolute Gasteiger partial charge is 0.488 e. The number of carbonyl (C=O) groups excluding carboxylic acids is 1. The van der Waals surface area contributed by atoms with E-state index >= 15 is 0 Å². The summed E-state index contributed by atoms with van der Waals surface area (Å²) >= 11 is 0. The SMILES string of the molecule is C=O.COc1ncc(NC2CCCCC2)cc1OCCc1ccccc1.O=CO. The Morgan fingerprint density at radius 1 is 1.21 bits per heavy atom. The van der Waals surface area contributed by atoms with Crippen molar-refractivity contribution in [1.82, 2.24) is 4.98 Å². The average molecular weight is 402 g/mol. The first kappa shape index (κ1) is 23.9. The minimum Gasteiger partial charge on any atom is -0.488 e. The molecule has 0 aliphatic heterocycles. The van der Waals surface area contributed by atoms with Gasteiger partial charge in [0.05, 0.1) is 25.6 Å². The molecule has 1 heterocycles. The summed E-state index contributed by atoms with van der Waals surface area (Å²) in [7, 11) is 1.63. The van der Waals surface area contributed by atoms with Gasteiger partial charge in [-0.25, -0.2) is 4.98 Å². The standard InChI is InChI=1S/C20H26N2O2.CH2O2.CH2O/c1-23-20-19(24-13-12-16-8-4-2-5-9-16)14-18(15-21-20)22-17-10-6-3-7-11-17;2-1-3;1-2/h2,4-5,8-9,14-15,17,22H,3,6-7,10-13H2,1H3;1H,(H,2,3);1H2. The quantitative estimate of drug-likeness (QED) is 0.676. The number of anilines is 1. The van der Waals surface area contributed by atoms with Crippen LogP contribution in [0.1, 0.15) is 37.7 Å². The van der Waals surface area contributed by atoms with E-state index in [-0.39, 0.29) is 6.47 Å². The van der Waals surface area contributed by atoms with Crippen LogP contribution in [0.3, 0.4) is 0 Å². The van der Waals surface area contributed by atoms with Crippen molar-refractivity contribution in [2.45, 2.75) is 44.6 Å². The van der Waals surface area contributed by atoms with Crippen LogP contribution >= 0.6 is 0 Å². The summed E-state index contributed by atoms with van der Waals surface area (Å²) < 4.78 is 11.3. The van der Waals surface area contributed by atoms with Gasteiger partial charge in [0.1, 0.15) is 6.79 Å². The molecule has 1 aliphatic carbocycles. The zero-order valence-corrected chi connectivity index (χ0v) is 16.9. The number of aromatic nitrogens is 1.